The third kappa shape index (κ3) is 5.21. The zero-order chi connectivity index (χ0) is 17.5. The van der Waals surface area contributed by atoms with Gasteiger partial charge in [-0.1, -0.05) is 41.9 Å². The van der Waals surface area contributed by atoms with Crippen LogP contribution in [-0.2, 0) is 17.9 Å². The molecule has 4 nitrogen and oxygen atoms in total. The fraction of sp³-hybridized carbons (Fsp3) is 0.350. The monoisotopic (exact) mass is 357 g/mol. The van der Waals surface area contributed by atoms with E-state index in [-0.39, 0.29) is 11.9 Å². The van der Waals surface area contributed by atoms with Crippen LogP contribution in [0.25, 0.3) is 0 Å². The summed E-state index contributed by atoms with van der Waals surface area (Å²) in [6.07, 6.45) is 3.06. The predicted molar refractivity (Wildman–Crippen MR) is 103 cm³/mol. The van der Waals surface area contributed by atoms with Crippen LogP contribution in [0.1, 0.15) is 30.4 Å². The van der Waals surface area contributed by atoms with Crippen LogP contribution < -0.4 is 16.0 Å². The highest BCUT2D eigenvalue weighted by Gasteiger charge is 2.19. The van der Waals surface area contributed by atoms with E-state index in [0.29, 0.717) is 13.1 Å². The molecule has 132 valence electrons. The summed E-state index contributed by atoms with van der Waals surface area (Å²) >= 11 is 6.17. The van der Waals surface area contributed by atoms with Crippen molar-refractivity contribution in [3.63, 3.8) is 0 Å². The van der Waals surface area contributed by atoms with E-state index in [0.717, 1.165) is 42.1 Å². The number of anilines is 1. The number of benzene rings is 2. The van der Waals surface area contributed by atoms with Gasteiger partial charge in [-0.15, -0.1) is 0 Å². The predicted octanol–water partition coefficient (Wildman–Crippen LogP) is 3.71. The van der Waals surface area contributed by atoms with Gasteiger partial charge in [-0.25, -0.2) is 0 Å². The molecule has 1 heterocycles. The van der Waals surface area contributed by atoms with Crippen LogP contribution in [-0.4, -0.2) is 18.5 Å². The summed E-state index contributed by atoms with van der Waals surface area (Å²) in [4.78, 5) is 11.9. The Labute approximate surface area is 154 Å². The summed E-state index contributed by atoms with van der Waals surface area (Å²) in [5, 5.41) is 10.5. The Morgan fingerprint density at radius 1 is 1.04 bits per heavy atom. The molecular formula is C20H24ClN3O. The van der Waals surface area contributed by atoms with Crippen molar-refractivity contribution in [2.45, 2.75) is 38.4 Å². The lowest BCUT2D eigenvalue weighted by Gasteiger charge is -2.15. The van der Waals surface area contributed by atoms with Crippen LogP contribution in [0.5, 0.6) is 0 Å². The van der Waals surface area contributed by atoms with Crippen molar-refractivity contribution in [3.8, 4) is 0 Å². The third-order valence-electron chi connectivity index (χ3n) is 4.48. The second-order valence-corrected chi connectivity index (χ2v) is 6.77. The zero-order valence-electron chi connectivity index (χ0n) is 14.2. The van der Waals surface area contributed by atoms with Crippen molar-refractivity contribution in [3.05, 3.63) is 64.7 Å². The van der Waals surface area contributed by atoms with E-state index in [4.69, 9.17) is 11.6 Å². The lowest BCUT2D eigenvalue weighted by molar-refractivity contribution is -0.122. The molecule has 1 aliphatic rings. The Balaban J connectivity index is 1.50. The number of amides is 1. The number of hydrogen-bond acceptors (Lipinski definition) is 3. The SMILES string of the molecule is O=C1NCCCCC1NCc1ccc(NCc2ccccc2Cl)cc1. The van der Waals surface area contributed by atoms with E-state index in [1.165, 1.54) is 5.56 Å². The molecule has 1 unspecified atom stereocenters. The molecule has 5 heteroatoms. The highest BCUT2D eigenvalue weighted by atomic mass is 35.5. The van der Waals surface area contributed by atoms with Crippen molar-refractivity contribution in [1.29, 1.82) is 0 Å². The average Bonchev–Trinajstić information content (AvgIpc) is 2.84. The zero-order valence-corrected chi connectivity index (χ0v) is 15.0. The minimum absolute atomic E-state index is 0.0828. The van der Waals surface area contributed by atoms with Crippen molar-refractivity contribution in [2.24, 2.45) is 0 Å². The quantitative estimate of drug-likeness (QED) is 0.738. The third-order valence-corrected chi connectivity index (χ3v) is 4.85. The second kappa shape index (κ2) is 8.88. The summed E-state index contributed by atoms with van der Waals surface area (Å²) in [7, 11) is 0. The molecular weight excluding hydrogens is 334 g/mol. The first kappa shape index (κ1) is 17.8. The van der Waals surface area contributed by atoms with Crippen LogP contribution in [0, 0.1) is 0 Å². The van der Waals surface area contributed by atoms with Crippen molar-refractivity contribution in [1.82, 2.24) is 10.6 Å². The normalized spacial score (nSPS) is 17.6. The summed E-state index contributed by atoms with van der Waals surface area (Å²) in [5.74, 6) is 0.121. The molecule has 0 saturated carbocycles. The molecule has 0 bridgehead atoms. The fourth-order valence-corrected chi connectivity index (χ4v) is 3.16. The summed E-state index contributed by atoms with van der Waals surface area (Å²) in [5.41, 5.74) is 3.30. The smallest absolute Gasteiger partial charge is 0.237 e. The first-order chi connectivity index (χ1) is 12.2. The van der Waals surface area contributed by atoms with E-state index >= 15 is 0 Å². The molecule has 0 aromatic heterocycles. The van der Waals surface area contributed by atoms with Crippen molar-refractivity contribution >= 4 is 23.2 Å². The Bertz CT molecular complexity index is 702. The number of nitrogens with one attached hydrogen (secondary N) is 3. The van der Waals surface area contributed by atoms with Gasteiger partial charge in [0.2, 0.25) is 5.91 Å². The minimum atomic E-state index is -0.0828. The molecule has 1 saturated heterocycles. The number of rotatable bonds is 6. The topological polar surface area (TPSA) is 53.2 Å². The van der Waals surface area contributed by atoms with Crippen LogP contribution in [0.2, 0.25) is 5.02 Å². The van der Waals surface area contributed by atoms with E-state index in [1.54, 1.807) is 0 Å². The highest BCUT2D eigenvalue weighted by Crippen LogP contribution is 2.17. The van der Waals surface area contributed by atoms with E-state index in [2.05, 4.69) is 40.2 Å². The van der Waals surface area contributed by atoms with E-state index < -0.39 is 0 Å². The fourth-order valence-electron chi connectivity index (χ4n) is 2.95. The van der Waals surface area contributed by atoms with Crippen molar-refractivity contribution < 1.29 is 4.79 Å². The number of carbonyl (C=O) groups excluding carboxylic acids is 1. The highest BCUT2D eigenvalue weighted by molar-refractivity contribution is 6.31. The molecule has 2 aromatic carbocycles. The largest absolute Gasteiger partial charge is 0.381 e. The minimum Gasteiger partial charge on any atom is -0.381 e. The Morgan fingerprint density at radius 3 is 2.64 bits per heavy atom. The number of carbonyl (C=O) groups is 1. The average molecular weight is 358 g/mol. The second-order valence-electron chi connectivity index (χ2n) is 6.36. The lowest BCUT2D eigenvalue weighted by atomic mass is 10.1. The molecule has 1 fully saturated rings. The molecule has 2 aromatic rings. The van der Waals surface area contributed by atoms with Crippen LogP contribution in [0.3, 0.4) is 0 Å². The van der Waals surface area contributed by atoms with Gasteiger partial charge in [-0.2, -0.15) is 0 Å². The van der Waals surface area contributed by atoms with Gasteiger partial charge in [0.05, 0.1) is 6.04 Å². The molecule has 0 spiro atoms. The Morgan fingerprint density at radius 2 is 1.84 bits per heavy atom. The molecule has 25 heavy (non-hydrogen) atoms. The van der Waals surface area contributed by atoms with Gasteiger partial charge in [0.15, 0.2) is 0 Å². The van der Waals surface area contributed by atoms with Gasteiger partial charge in [0.1, 0.15) is 0 Å². The van der Waals surface area contributed by atoms with Gasteiger partial charge in [-0.05, 0) is 48.6 Å². The van der Waals surface area contributed by atoms with E-state index in [1.807, 2.05) is 24.3 Å². The summed E-state index contributed by atoms with van der Waals surface area (Å²) in [6.45, 7) is 2.19. The number of hydrogen-bond donors (Lipinski definition) is 3. The van der Waals surface area contributed by atoms with Gasteiger partial charge in [0, 0.05) is 30.3 Å². The maximum Gasteiger partial charge on any atom is 0.237 e. The molecule has 0 radical (unpaired) electrons. The maximum atomic E-state index is 11.9. The molecule has 0 aliphatic carbocycles. The number of halogens is 1. The van der Waals surface area contributed by atoms with Crippen molar-refractivity contribution in [2.75, 3.05) is 11.9 Å². The maximum absolute atomic E-state index is 11.9. The van der Waals surface area contributed by atoms with Gasteiger partial charge in [0.25, 0.3) is 0 Å². The molecule has 3 rings (SSSR count). The molecule has 3 N–H and O–H groups in total. The van der Waals surface area contributed by atoms with Gasteiger partial charge < -0.3 is 16.0 Å². The summed E-state index contributed by atoms with van der Waals surface area (Å²) in [6, 6.07) is 16.0. The molecule has 1 aliphatic heterocycles. The molecule has 1 atom stereocenters. The Kier molecular flexibility index (Phi) is 6.31. The standard InChI is InChI=1S/C20H24ClN3O/c21-18-6-2-1-5-16(18)14-23-17-10-8-15(9-11-17)13-24-19-7-3-4-12-22-20(19)25/h1-2,5-6,8-11,19,23-24H,3-4,7,12-14H2,(H,22,25). The van der Waals surface area contributed by atoms with Crippen LogP contribution in [0.4, 0.5) is 5.69 Å². The molecule has 1 amide bonds. The van der Waals surface area contributed by atoms with Gasteiger partial charge >= 0.3 is 0 Å². The van der Waals surface area contributed by atoms with Crippen LogP contribution >= 0.6 is 11.6 Å². The van der Waals surface area contributed by atoms with E-state index in [9.17, 15) is 4.79 Å². The van der Waals surface area contributed by atoms with Gasteiger partial charge in [-0.3, -0.25) is 4.79 Å². The van der Waals surface area contributed by atoms with Crippen LogP contribution in [0.15, 0.2) is 48.5 Å². The lowest BCUT2D eigenvalue weighted by Crippen LogP contribution is -2.42. The summed E-state index contributed by atoms with van der Waals surface area (Å²) < 4.78 is 0. The Hall–Kier alpha value is -2.04. The first-order valence-electron chi connectivity index (χ1n) is 8.80. The first-order valence-corrected chi connectivity index (χ1v) is 9.17.